The van der Waals surface area contributed by atoms with Crippen LogP contribution in [-0.4, -0.2) is 146 Å². The fourth-order valence-corrected chi connectivity index (χ4v) is 10.4. The zero-order valence-electron chi connectivity index (χ0n) is 49.9. The van der Waals surface area contributed by atoms with Crippen LogP contribution in [0.2, 0.25) is 0 Å². The summed E-state index contributed by atoms with van der Waals surface area (Å²) < 4.78 is 0. The van der Waals surface area contributed by atoms with Crippen molar-refractivity contribution in [2.45, 2.75) is 315 Å². The predicted molar refractivity (Wildman–Crippen MR) is 320 cm³/mol. The summed E-state index contributed by atoms with van der Waals surface area (Å²) in [4.78, 5) is 5.31. The molecule has 10 nitrogen and oxygen atoms in total. The van der Waals surface area contributed by atoms with Crippen LogP contribution in [0.3, 0.4) is 0 Å². The Morgan fingerprint density at radius 3 is 0.616 bits per heavy atom. The first-order chi connectivity index (χ1) is 35.9. The summed E-state index contributed by atoms with van der Waals surface area (Å²) in [6.07, 6.45) is 49.6. The van der Waals surface area contributed by atoms with Crippen LogP contribution >= 0.6 is 0 Å². The molecular formula is C63H134N6O4. The highest BCUT2D eigenvalue weighted by Gasteiger charge is 2.12. The van der Waals surface area contributed by atoms with Crippen LogP contribution in [-0.2, 0) is 0 Å². The zero-order valence-corrected chi connectivity index (χ0v) is 49.9. The fraction of sp³-hybridized carbons (Fsp3) is 1.00. The largest absolute Gasteiger partial charge is 0.392 e. The van der Waals surface area contributed by atoms with Crippen molar-refractivity contribution in [1.82, 2.24) is 31.1 Å². The first-order valence-corrected chi connectivity index (χ1v) is 32.9. The fourth-order valence-electron chi connectivity index (χ4n) is 10.4. The van der Waals surface area contributed by atoms with Gasteiger partial charge in [0.05, 0.1) is 24.4 Å². The van der Waals surface area contributed by atoms with Gasteiger partial charge in [0.1, 0.15) is 0 Å². The van der Waals surface area contributed by atoms with Gasteiger partial charge in [0, 0.05) is 26.2 Å². The van der Waals surface area contributed by atoms with Crippen molar-refractivity contribution in [1.29, 1.82) is 0 Å². The van der Waals surface area contributed by atoms with E-state index in [9.17, 15) is 20.4 Å². The maximum Gasteiger partial charge on any atom is 0.0664 e. The van der Waals surface area contributed by atoms with E-state index in [1.165, 1.54) is 180 Å². The first kappa shape index (κ1) is 72.6. The van der Waals surface area contributed by atoms with Gasteiger partial charge in [-0.1, -0.05) is 233 Å². The normalized spacial score (nSPS) is 13.7. The number of unbranched alkanes of at least 4 members (excludes halogenated alkanes) is 28. The number of hydrogen-bond donors (Lipinski definition) is 8. The highest BCUT2D eigenvalue weighted by atomic mass is 16.3. The van der Waals surface area contributed by atoms with Gasteiger partial charge in [-0.05, 0) is 123 Å². The smallest absolute Gasteiger partial charge is 0.0664 e. The van der Waals surface area contributed by atoms with Crippen molar-refractivity contribution >= 4 is 0 Å². The van der Waals surface area contributed by atoms with Gasteiger partial charge in [0.25, 0.3) is 0 Å². The number of hydrogen-bond acceptors (Lipinski definition) is 10. The molecule has 10 heteroatoms. The zero-order chi connectivity index (χ0) is 53.2. The highest BCUT2D eigenvalue weighted by Crippen LogP contribution is 2.14. The van der Waals surface area contributed by atoms with Gasteiger partial charge in [-0.25, -0.2) is 0 Å². The van der Waals surface area contributed by atoms with Gasteiger partial charge in [0.2, 0.25) is 0 Å². The average molecular weight is 1040 g/mol. The van der Waals surface area contributed by atoms with E-state index in [1.807, 2.05) is 0 Å². The van der Waals surface area contributed by atoms with Crippen LogP contribution in [0.5, 0.6) is 0 Å². The molecule has 0 aliphatic rings. The van der Waals surface area contributed by atoms with E-state index in [4.69, 9.17) is 0 Å². The third kappa shape index (κ3) is 57.6. The van der Waals surface area contributed by atoms with E-state index in [2.05, 4.69) is 58.8 Å². The van der Waals surface area contributed by atoms with Crippen molar-refractivity contribution in [3.05, 3.63) is 0 Å². The van der Waals surface area contributed by atoms with Gasteiger partial charge in [-0.15, -0.1) is 0 Å². The van der Waals surface area contributed by atoms with E-state index in [1.54, 1.807) is 0 Å². The van der Waals surface area contributed by atoms with Crippen LogP contribution in [0.15, 0.2) is 0 Å². The molecule has 8 N–H and O–H groups in total. The summed E-state index contributed by atoms with van der Waals surface area (Å²) in [5.41, 5.74) is 0. The minimum atomic E-state index is -0.251. The second-order valence-electron chi connectivity index (χ2n) is 22.9. The average Bonchev–Trinajstić information content (AvgIpc) is 3.38. The molecule has 0 bridgehead atoms. The molecular weight excluding hydrogens is 905 g/mol. The summed E-state index contributed by atoms with van der Waals surface area (Å²) in [6, 6.07) is 0. The maximum absolute atomic E-state index is 10.7. The van der Waals surface area contributed by atoms with E-state index >= 15 is 0 Å². The van der Waals surface area contributed by atoms with Gasteiger partial charge in [-0.2, -0.15) is 0 Å². The Morgan fingerprint density at radius 2 is 0.411 bits per heavy atom. The molecule has 4 atom stereocenters. The molecule has 0 saturated heterocycles. The second-order valence-corrected chi connectivity index (χ2v) is 22.9. The van der Waals surface area contributed by atoms with Gasteiger partial charge >= 0.3 is 0 Å². The van der Waals surface area contributed by atoms with E-state index in [0.717, 1.165) is 149 Å². The minimum Gasteiger partial charge on any atom is -0.392 e. The maximum atomic E-state index is 10.7. The molecule has 0 aliphatic heterocycles. The first-order valence-electron chi connectivity index (χ1n) is 32.9. The Balaban J connectivity index is 5.05. The lowest BCUT2D eigenvalue weighted by atomic mass is 10.1. The molecule has 0 spiro atoms. The lowest BCUT2D eigenvalue weighted by Crippen LogP contribution is -2.37. The molecule has 0 fully saturated rings. The van der Waals surface area contributed by atoms with Crippen LogP contribution in [0.1, 0.15) is 291 Å². The SMILES string of the molecule is CCCCCCCCCCC(O)CNCCCN(CCCNCC(O)CCCCCCCCCC)CCCN(CCCNCC(O)CCCCCCCCCC)CCCNCC(O)CCCCCCCCCC. The van der Waals surface area contributed by atoms with Crippen molar-refractivity contribution in [3.8, 4) is 0 Å². The third-order valence-electron chi connectivity index (χ3n) is 15.3. The van der Waals surface area contributed by atoms with Crippen LogP contribution in [0, 0.1) is 0 Å². The number of nitrogens with one attached hydrogen (secondary N) is 4. The standard InChI is InChI=1S/C63H134N6O4/c1-5-9-13-17-21-25-29-33-42-60(70)56-64-46-37-50-68(51-38-47-65-57-61(71)43-34-30-26-22-18-14-10-6-2)54-41-55-69(52-39-48-66-58-62(72)44-35-31-27-23-19-15-11-7-3)53-40-49-67-59-63(73)45-36-32-28-24-20-16-12-8-4/h60-67,70-73H,5-59H2,1-4H3. The number of rotatable bonds is 64. The molecule has 4 unspecified atom stereocenters. The molecule has 0 aromatic heterocycles. The molecule has 0 saturated carbocycles. The Morgan fingerprint density at radius 1 is 0.233 bits per heavy atom. The van der Waals surface area contributed by atoms with Crippen LogP contribution in [0.25, 0.3) is 0 Å². The van der Waals surface area contributed by atoms with Crippen LogP contribution < -0.4 is 21.3 Å². The Bertz CT molecular complexity index is 869. The van der Waals surface area contributed by atoms with Crippen LogP contribution in [0.4, 0.5) is 0 Å². The summed E-state index contributed by atoms with van der Waals surface area (Å²) in [5.74, 6) is 0. The van der Waals surface area contributed by atoms with Crippen molar-refractivity contribution in [2.75, 3.05) is 91.6 Å². The van der Waals surface area contributed by atoms with Crippen molar-refractivity contribution in [3.63, 3.8) is 0 Å². The summed E-state index contributed by atoms with van der Waals surface area (Å²) in [7, 11) is 0. The van der Waals surface area contributed by atoms with Crippen molar-refractivity contribution < 1.29 is 20.4 Å². The van der Waals surface area contributed by atoms with Gasteiger partial charge in [0.15, 0.2) is 0 Å². The topological polar surface area (TPSA) is 136 Å². The quantitative estimate of drug-likeness (QED) is 0.0278. The highest BCUT2D eigenvalue weighted by molar-refractivity contribution is 4.69. The molecule has 0 amide bonds. The lowest BCUT2D eigenvalue weighted by molar-refractivity contribution is 0.155. The monoisotopic (exact) mass is 1040 g/mol. The number of aliphatic hydroxyl groups excluding tert-OH is 4. The Kier molecular flexibility index (Phi) is 60.5. The van der Waals surface area contributed by atoms with E-state index in [0.29, 0.717) is 26.2 Å². The number of aliphatic hydroxyl groups is 4. The predicted octanol–water partition coefficient (Wildman–Crippen LogP) is 13.5. The van der Waals surface area contributed by atoms with Gasteiger partial charge < -0.3 is 51.5 Å². The number of nitrogens with zero attached hydrogens (tertiary/aromatic N) is 2. The summed E-state index contributed by atoms with van der Waals surface area (Å²) in [5, 5.41) is 56.9. The molecule has 73 heavy (non-hydrogen) atoms. The Labute approximate surface area is 456 Å². The molecule has 440 valence electrons. The van der Waals surface area contributed by atoms with E-state index < -0.39 is 0 Å². The molecule has 0 heterocycles. The summed E-state index contributed by atoms with van der Waals surface area (Å²) >= 11 is 0. The molecule has 0 aromatic rings. The third-order valence-corrected chi connectivity index (χ3v) is 15.3. The minimum absolute atomic E-state index is 0.251. The summed E-state index contributed by atoms with van der Waals surface area (Å²) in [6.45, 7) is 22.0. The molecule has 0 rings (SSSR count). The molecule has 0 aromatic carbocycles. The lowest BCUT2D eigenvalue weighted by Gasteiger charge is -2.26. The van der Waals surface area contributed by atoms with E-state index in [-0.39, 0.29) is 24.4 Å². The van der Waals surface area contributed by atoms with Crippen molar-refractivity contribution in [2.24, 2.45) is 0 Å². The second kappa shape index (κ2) is 60.8. The molecule has 0 radical (unpaired) electrons. The molecule has 0 aliphatic carbocycles. The van der Waals surface area contributed by atoms with Gasteiger partial charge in [-0.3, -0.25) is 0 Å². The Hall–Kier alpha value is -0.400.